The van der Waals surface area contributed by atoms with E-state index in [1.165, 1.54) is 4.31 Å². The van der Waals surface area contributed by atoms with E-state index in [0.717, 1.165) is 16.7 Å². The molecule has 0 aliphatic heterocycles. The molecule has 0 atom stereocenters. The second kappa shape index (κ2) is 9.13. The summed E-state index contributed by atoms with van der Waals surface area (Å²) in [4.78, 5) is 12.7. The molecule has 0 aliphatic rings. The van der Waals surface area contributed by atoms with Crippen molar-refractivity contribution in [2.24, 2.45) is 0 Å². The van der Waals surface area contributed by atoms with Crippen LogP contribution in [0.15, 0.2) is 54.9 Å². The molecule has 3 rings (SSSR count). The molecule has 0 radical (unpaired) electrons. The highest BCUT2D eigenvalue weighted by atomic mass is 32.2. The lowest BCUT2D eigenvalue weighted by atomic mass is 10.1. The minimum atomic E-state index is -2.93. The van der Waals surface area contributed by atoms with Crippen LogP contribution >= 0.6 is 0 Å². The van der Waals surface area contributed by atoms with E-state index >= 15 is 0 Å². The number of hydrogen-bond donors (Lipinski definition) is 2. The van der Waals surface area contributed by atoms with Gasteiger partial charge in [-0.2, -0.15) is 5.10 Å². The summed E-state index contributed by atoms with van der Waals surface area (Å²) in [6, 6.07) is 12.5. The Kier molecular flexibility index (Phi) is 6.56. The van der Waals surface area contributed by atoms with Crippen LogP contribution in [0.4, 0.5) is 11.4 Å². The van der Waals surface area contributed by atoms with Crippen molar-refractivity contribution in [2.75, 3.05) is 4.31 Å². The molecule has 2 aromatic carbocycles. The average molecular weight is 427 g/mol. The molecule has 1 aromatic heterocycles. The maximum absolute atomic E-state index is 12.7. The lowest BCUT2D eigenvalue weighted by Crippen LogP contribution is -2.23. The van der Waals surface area contributed by atoms with Crippen LogP contribution in [0.1, 0.15) is 46.9 Å². The summed E-state index contributed by atoms with van der Waals surface area (Å²) in [6.07, 6.45) is 3.62. The first kappa shape index (κ1) is 21.6. The van der Waals surface area contributed by atoms with E-state index in [4.69, 9.17) is 0 Å². The molecular weight excluding hydrogens is 400 g/mol. The summed E-state index contributed by atoms with van der Waals surface area (Å²) in [7, 11) is -2.93. The number of nitrogens with zero attached hydrogens (tertiary/aromatic N) is 3. The standard InChI is InChI=1S/C22H26N4O3S/c1-15(2)25-14-18(13-24-25)12-23-22(27)19-8-7-17(4)21(11-19)26(30(28)29)20-9-5-16(3)6-10-20/h5-11,13-15,30H,12H2,1-4H3,(H,23,27). The van der Waals surface area contributed by atoms with E-state index in [1.54, 1.807) is 36.5 Å². The Morgan fingerprint density at radius 3 is 2.43 bits per heavy atom. The van der Waals surface area contributed by atoms with Crippen LogP contribution in [-0.2, 0) is 17.4 Å². The number of benzene rings is 2. The van der Waals surface area contributed by atoms with Gasteiger partial charge in [0.15, 0.2) is 0 Å². The molecule has 158 valence electrons. The van der Waals surface area contributed by atoms with E-state index in [9.17, 15) is 13.2 Å². The molecule has 0 aliphatic carbocycles. The molecule has 30 heavy (non-hydrogen) atoms. The topological polar surface area (TPSA) is 84.3 Å². The summed E-state index contributed by atoms with van der Waals surface area (Å²) in [5, 5.41) is 7.13. The smallest absolute Gasteiger partial charge is 0.251 e. The van der Waals surface area contributed by atoms with Crippen molar-refractivity contribution in [2.45, 2.75) is 40.3 Å². The van der Waals surface area contributed by atoms with Crippen LogP contribution in [-0.4, -0.2) is 24.1 Å². The monoisotopic (exact) mass is 426 g/mol. The number of nitrogens with one attached hydrogen (secondary N) is 1. The number of hydrogen-bond acceptors (Lipinski definition) is 4. The second-order valence-corrected chi connectivity index (χ2v) is 8.37. The minimum absolute atomic E-state index is 0.246. The Bertz CT molecular complexity index is 1110. The molecule has 0 bridgehead atoms. The number of rotatable bonds is 7. The highest BCUT2D eigenvalue weighted by Crippen LogP contribution is 2.30. The second-order valence-electron chi connectivity index (χ2n) is 7.49. The summed E-state index contributed by atoms with van der Waals surface area (Å²) < 4.78 is 27.1. The third-order valence-electron chi connectivity index (χ3n) is 4.78. The van der Waals surface area contributed by atoms with E-state index in [0.29, 0.717) is 23.5 Å². The number of carbonyl (C=O) groups excluding carboxylic acids is 1. The Morgan fingerprint density at radius 1 is 1.13 bits per heavy atom. The summed E-state index contributed by atoms with van der Waals surface area (Å²) >= 11 is 0. The number of thiol groups is 1. The van der Waals surface area contributed by atoms with E-state index < -0.39 is 10.9 Å². The SMILES string of the molecule is Cc1ccc(N(c2cc(C(=O)NCc3cnn(C(C)C)c3)ccc2C)[SH](=O)=O)cc1. The number of anilines is 2. The molecule has 8 heteroatoms. The van der Waals surface area contributed by atoms with Crippen molar-refractivity contribution in [1.82, 2.24) is 15.1 Å². The van der Waals surface area contributed by atoms with Gasteiger partial charge < -0.3 is 5.32 Å². The fourth-order valence-electron chi connectivity index (χ4n) is 3.02. The molecule has 1 amide bonds. The van der Waals surface area contributed by atoms with Gasteiger partial charge in [0.25, 0.3) is 5.91 Å². The molecule has 0 saturated carbocycles. The minimum Gasteiger partial charge on any atom is -0.348 e. The molecular formula is C22H26N4O3S. The van der Waals surface area contributed by atoms with Crippen molar-refractivity contribution >= 4 is 28.2 Å². The number of aryl methyl sites for hydroxylation is 2. The number of amides is 1. The Morgan fingerprint density at radius 2 is 1.83 bits per heavy atom. The van der Waals surface area contributed by atoms with Crippen molar-refractivity contribution in [1.29, 1.82) is 0 Å². The van der Waals surface area contributed by atoms with Gasteiger partial charge in [-0.05, 0) is 57.5 Å². The highest BCUT2D eigenvalue weighted by molar-refractivity contribution is 7.74. The summed E-state index contributed by atoms with van der Waals surface area (Å²) in [5.41, 5.74) is 4.05. The maximum atomic E-state index is 12.7. The van der Waals surface area contributed by atoms with Crippen molar-refractivity contribution in [3.63, 3.8) is 0 Å². The molecule has 7 nitrogen and oxygen atoms in total. The molecule has 3 aromatic rings. The van der Waals surface area contributed by atoms with Gasteiger partial charge in [-0.3, -0.25) is 9.48 Å². The third-order valence-corrected chi connectivity index (χ3v) is 5.55. The lowest BCUT2D eigenvalue weighted by molar-refractivity contribution is 0.0951. The van der Waals surface area contributed by atoms with E-state index in [1.807, 2.05) is 50.7 Å². The van der Waals surface area contributed by atoms with Gasteiger partial charge >= 0.3 is 0 Å². The van der Waals surface area contributed by atoms with Gasteiger partial charge in [-0.1, -0.05) is 23.8 Å². The predicted octanol–water partition coefficient (Wildman–Crippen LogP) is 3.68. The van der Waals surface area contributed by atoms with Gasteiger partial charge in [0.2, 0.25) is 10.9 Å². The quantitative estimate of drug-likeness (QED) is 0.565. The van der Waals surface area contributed by atoms with Crippen LogP contribution in [0.25, 0.3) is 0 Å². The maximum Gasteiger partial charge on any atom is 0.251 e. The van der Waals surface area contributed by atoms with Crippen LogP contribution in [0.5, 0.6) is 0 Å². The predicted molar refractivity (Wildman–Crippen MR) is 119 cm³/mol. The van der Waals surface area contributed by atoms with Crippen LogP contribution in [0.3, 0.4) is 0 Å². The molecule has 0 spiro atoms. The molecule has 1 N–H and O–H groups in total. The highest BCUT2D eigenvalue weighted by Gasteiger charge is 2.17. The van der Waals surface area contributed by atoms with E-state index in [-0.39, 0.29) is 11.9 Å². The molecule has 0 unspecified atom stereocenters. The fourth-order valence-corrected chi connectivity index (χ4v) is 3.73. The van der Waals surface area contributed by atoms with Crippen molar-refractivity contribution < 1.29 is 13.2 Å². The first-order chi connectivity index (χ1) is 14.3. The zero-order valence-corrected chi connectivity index (χ0v) is 18.4. The molecule has 0 saturated heterocycles. The number of carbonyl (C=O) groups is 1. The van der Waals surface area contributed by atoms with Crippen LogP contribution < -0.4 is 9.62 Å². The Hall–Kier alpha value is -3.13. The average Bonchev–Trinajstić information content (AvgIpc) is 3.18. The van der Waals surface area contributed by atoms with Crippen molar-refractivity contribution in [3.8, 4) is 0 Å². The van der Waals surface area contributed by atoms with Crippen LogP contribution in [0.2, 0.25) is 0 Å². The lowest BCUT2D eigenvalue weighted by Gasteiger charge is -2.21. The van der Waals surface area contributed by atoms with Crippen LogP contribution in [0, 0.1) is 13.8 Å². The van der Waals surface area contributed by atoms with Gasteiger partial charge in [0, 0.05) is 29.9 Å². The first-order valence-electron chi connectivity index (χ1n) is 9.69. The summed E-state index contributed by atoms with van der Waals surface area (Å²) in [6.45, 7) is 8.16. The third kappa shape index (κ3) is 4.88. The van der Waals surface area contributed by atoms with Gasteiger partial charge in [0.05, 0.1) is 17.6 Å². The van der Waals surface area contributed by atoms with Gasteiger partial charge in [-0.25, -0.2) is 12.7 Å². The Labute approximate surface area is 178 Å². The molecule has 1 heterocycles. The summed E-state index contributed by atoms with van der Waals surface area (Å²) in [5.74, 6) is -0.279. The number of aromatic nitrogens is 2. The normalized spacial score (nSPS) is 11.1. The Balaban J connectivity index is 1.83. The fraction of sp³-hybridized carbons (Fsp3) is 0.273. The van der Waals surface area contributed by atoms with E-state index in [2.05, 4.69) is 10.4 Å². The van der Waals surface area contributed by atoms with Gasteiger partial charge in [-0.15, -0.1) is 0 Å². The molecule has 0 fully saturated rings. The first-order valence-corrected chi connectivity index (χ1v) is 10.8. The zero-order valence-electron chi connectivity index (χ0n) is 17.5. The van der Waals surface area contributed by atoms with Gasteiger partial charge in [0.1, 0.15) is 0 Å². The largest absolute Gasteiger partial charge is 0.348 e. The van der Waals surface area contributed by atoms with Crippen molar-refractivity contribution in [3.05, 3.63) is 77.1 Å². The zero-order chi connectivity index (χ0) is 21.8.